The summed E-state index contributed by atoms with van der Waals surface area (Å²) in [7, 11) is -3.35. The third-order valence-corrected chi connectivity index (χ3v) is 8.34. The molecule has 2 fully saturated rings. The lowest BCUT2D eigenvalue weighted by atomic mass is 9.96. The molecule has 2 aliphatic rings. The van der Waals surface area contributed by atoms with Gasteiger partial charge in [0.15, 0.2) is 5.96 Å². The Hall–Kier alpha value is -0.390. The Morgan fingerprint density at radius 1 is 1.15 bits per heavy atom. The van der Waals surface area contributed by atoms with E-state index in [0.29, 0.717) is 35.8 Å². The first-order valence-electron chi connectivity index (χ1n) is 9.21. The van der Waals surface area contributed by atoms with E-state index < -0.39 is 10.0 Å². The van der Waals surface area contributed by atoms with Crippen molar-refractivity contribution in [1.82, 2.24) is 9.62 Å². The average Bonchev–Trinajstić information content (AvgIpc) is 3.11. The molecule has 1 saturated heterocycles. The molecule has 0 spiro atoms. The number of nitrogens with one attached hydrogen (secondary N) is 1. The van der Waals surface area contributed by atoms with Gasteiger partial charge in [0.25, 0.3) is 10.0 Å². The van der Waals surface area contributed by atoms with Crippen molar-refractivity contribution in [2.75, 3.05) is 13.1 Å². The predicted molar refractivity (Wildman–Crippen MR) is 118 cm³/mol. The number of hydrogen-bond acceptors (Lipinski definition) is 4. The maximum absolute atomic E-state index is 12.7. The van der Waals surface area contributed by atoms with Crippen LogP contribution in [0.4, 0.5) is 0 Å². The Morgan fingerprint density at radius 2 is 1.81 bits per heavy atom. The number of piperidine rings is 1. The number of hydrogen-bond donors (Lipinski definition) is 2. The van der Waals surface area contributed by atoms with Crippen molar-refractivity contribution in [3.05, 3.63) is 17.0 Å². The summed E-state index contributed by atoms with van der Waals surface area (Å²) >= 11 is 1.30. The first-order valence-corrected chi connectivity index (χ1v) is 11.5. The number of guanidine groups is 1. The van der Waals surface area contributed by atoms with Crippen molar-refractivity contribution in [1.29, 1.82) is 0 Å². The fourth-order valence-electron chi connectivity index (χ4n) is 3.48. The molecule has 0 bridgehead atoms. The lowest BCUT2D eigenvalue weighted by Crippen LogP contribution is -2.41. The van der Waals surface area contributed by atoms with Gasteiger partial charge in [-0.1, -0.05) is 25.7 Å². The standard InChI is InChI=1S/C17H28N4O2S2.HI/c18-17(20-14-7-3-1-4-8-14)19-13-15-9-10-16(24-15)25(22,23)21-11-5-2-6-12-21;/h9-10,14H,1-8,11-13H2,(H3,18,19,20);1H. The molecule has 26 heavy (non-hydrogen) atoms. The fraction of sp³-hybridized carbons (Fsp3) is 0.706. The van der Waals surface area contributed by atoms with Crippen LogP contribution in [0.15, 0.2) is 21.3 Å². The zero-order valence-electron chi connectivity index (χ0n) is 15.0. The minimum absolute atomic E-state index is 0. The number of nitrogens with zero attached hydrogens (tertiary/aromatic N) is 2. The summed E-state index contributed by atoms with van der Waals surface area (Å²) in [6.45, 7) is 1.68. The smallest absolute Gasteiger partial charge is 0.252 e. The van der Waals surface area contributed by atoms with Crippen LogP contribution in [-0.4, -0.2) is 37.8 Å². The molecule has 148 valence electrons. The van der Waals surface area contributed by atoms with Crippen molar-refractivity contribution in [3.63, 3.8) is 0 Å². The van der Waals surface area contributed by atoms with E-state index in [1.165, 1.54) is 30.6 Å². The second kappa shape index (κ2) is 10.2. The van der Waals surface area contributed by atoms with Crippen molar-refractivity contribution in [3.8, 4) is 0 Å². The first-order chi connectivity index (χ1) is 12.1. The maximum Gasteiger partial charge on any atom is 0.252 e. The highest BCUT2D eigenvalue weighted by molar-refractivity contribution is 14.0. The van der Waals surface area contributed by atoms with Crippen molar-refractivity contribution >= 4 is 51.3 Å². The van der Waals surface area contributed by atoms with E-state index in [1.54, 1.807) is 10.4 Å². The molecule has 0 amide bonds. The Bertz CT molecular complexity index is 693. The molecule has 1 aromatic heterocycles. The van der Waals surface area contributed by atoms with Gasteiger partial charge in [0.1, 0.15) is 4.21 Å². The largest absolute Gasteiger partial charge is 0.370 e. The van der Waals surface area contributed by atoms with Gasteiger partial charge in [0.05, 0.1) is 6.54 Å². The van der Waals surface area contributed by atoms with E-state index in [-0.39, 0.29) is 24.0 Å². The molecule has 2 heterocycles. The minimum Gasteiger partial charge on any atom is -0.370 e. The third kappa shape index (κ3) is 5.80. The highest BCUT2D eigenvalue weighted by Crippen LogP contribution is 2.27. The first kappa shape index (κ1) is 21.9. The lowest BCUT2D eigenvalue weighted by molar-refractivity contribution is 0.347. The van der Waals surface area contributed by atoms with Gasteiger partial charge in [0, 0.05) is 24.0 Å². The molecule has 1 aliphatic heterocycles. The Morgan fingerprint density at radius 3 is 2.50 bits per heavy atom. The topological polar surface area (TPSA) is 87.8 Å². The van der Waals surface area contributed by atoms with Gasteiger partial charge in [-0.25, -0.2) is 13.4 Å². The van der Waals surface area contributed by atoms with Crippen molar-refractivity contribution in [2.45, 2.75) is 68.2 Å². The zero-order chi connectivity index (χ0) is 17.7. The van der Waals surface area contributed by atoms with Gasteiger partial charge in [0.2, 0.25) is 0 Å². The van der Waals surface area contributed by atoms with Crippen LogP contribution in [0, 0.1) is 0 Å². The van der Waals surface area contributed by atoms with E-state index in [1.807, 2.05) is 6.07 Å². The third-order valence-electron chi connectivity index (χ3n) is 4.91. The number of thiophene rings is 1. The highest BCUT2D eigenvalue weighted by atomic mass is 127. The predicted octanol–water partition coefficient (Wildman–Crippen LogP) is 3.28. The van der Waals surface area contributed by atoms with Gasteiger partial charge in [-0.2, -0.15) is 4.31 Å². The molecule has 1 saturated carbocycles. The molecular formula is C17H29IN4O2S2. The van der Waals surface area contributed by atoms with Gasteiger partial charge in [-0.3, -0.25) is 0 Å². The normalized spacial score (nSPS) is 20.5. The van der Waals surface area contributed by atoms with Crippen LogP contribution < -0.4 is 11.1 Å². The number of nitrogens with two attached hydrogens (primary N) is 1. The van der Waals surface area contributed by atoms with Crippen LogP contribution in [0.25, 0.3) is 0 Å². The Balaban J connectivity index is 0.00000243. The molecule has 6 nitrogen and oxygen atoms in total. The Kier molecular flexibility index (Phi) is 8.62. The number of halogens is 1. The van der Waals surface area contributed by atoms with Gasteiger partial charge < -0.3 is 11.1 Å². The van der Waals surface area contributed by atoms with Crippen molar-refractivity contribution < 1.29 is 8.42 Å². The number of rotatable bonds is 5. The van der Waals surface area contributed by atoms with Crippen LogP contribution in [0.2, 0.25) is 0 Å². The van der Waals surface area contributed by atoms with Crippen LogP contribution in [-0.2, 0) is 16.6 Å². The fourth-order valence-corrected chi connectivity index (χ4v) is 6.43. The number of sulfonamides is 1. The summed E-state index contributed by atoms with van der Waals surface area (Å²) in [5.41, 5.74) is 5.98. The Labute approximate surface area is 177 Å². The summed E-state index contributed by atoms with van der Waals surface area (Å²) in [5.74, 6) is 0.459. The number of aliphatic imine (C=N–C) groups is 1. The summed E-state index contributed by atoms with van der Waals surface area (Å²) < 4.78 is 27.4. The molecule has 3 N–H and O–H groups in total. The monoisotopic (exact) mass is 512 g/mol. The molecule has 0 unspecified atom stereocenters. The molecule has 9 heteroatoms. The van der Waals surface area contributed by atoms with Crippen LogP contribution in [0.5, 0.6) is 0 Å². The van der Waals surface area contributed by atoms with Crippen LogP contribution in [0.3, 0.4) is 0 Å². The van der Waals surface area contributed by atoms with E-state index >= 15 is 0 Å². The van der Waals surface area contributed by atoms with Gasteiger partial charge >= 0.3 is 0 Å². The molecular weight excluding hydrogens is 483 g/mol. The molecule has 1 aliphatic carbocycles. The highest BCUT2D eigenvalue weighted by Gasteiger charge is 2.27. The van der Waals surface area contributed by atoms with E-state index in [9.17, 15) is 8.42 Å². The second-order valence-electron chi connectivity index (χ2n) is 6.87. The van der Waals surface area contributed by atoms with Gasteiger partial charge in [-0.15, -0.1) is 35.3 Å². The van der Waals surface area contributed by atoms with Gasteiger partial charge in [-0.05, 0) is 37.8 Å². The van der Waals surface area contributed by atoms with Crippen LogP contribution >= 0.6 is 35.3 Å². The zero-order valence-corrected chi connectivity index (χ0v) is 19.0. The van der Waals surface area contributed by atoms with Crippen molar-refractivity contribution in [2.24, 2.45) is 10.7 Å². The second-order valence-corrected chi connectivity index (χ2v) is 10.2. The summed E-state index contributed by atoms with van der Waals surface area (Å²) in [6, 6.07) is 3.97. The van der Waals surface area contributed by atoms with E-state index in [0.717, 1.165) is 37.0 Å². The average molecular weight is 512 g/mol. The quantitative estimate of drug-likeness (QED) is 0.360. The molecule has 0 aromatic carbocycles. The molecule has 3 rings (SSSR count). The lowest BCUT2D eigenvalue weighted by Gasteiger charge is -2.25. The van der Waals surface area contributed by atoms with Crippen LogP contribution in [0.1, 0.15) is 56.2 Å². The summed E-state index contributed by atoms with van der Waals surface area (Å²) in [6.07, 6.45) is 9.10. The van der Waals surface area contributed by atoms with E-state index in [2.05, 4.69) is 10.3 Å². The SMILES string of the molecule is I.NC(=NCc1ccc(S(=O)(=O)N2CCCCC2)s1)NC1CCCCC1. The molecule has 0 radical (unpaired) electrons. The minimum atomic E-state index is -3.35. The maximum atomic E-state index is 12.7. The summed E-state index contributed by atoms with van der Waals surface area (Å²) in [5, 5.41) is 3.28. The molecule has 0 atom stereocenters. The van der Waals surface area contributed by atoms with E-state index in [4.69, 9.17) is 5.73 Å². The summed E-state index contributed by atoms with van der Waals surface area (Å²) in [4.78, 5) is 5.30. The molecule has 1 aromatic rings.